The molecule has 7 nitrogen and oxygen atoms in total. The van der Waals surface area contributed by atoms with E-state index in [2.05, 4.69) is 26.5 Å². The van der Waals surface area contributed by atoms with E-state index in [1.807, 2.05) is 54.6 Å². The highest BCUT2D eigenvalue weighted by Crippen LogP contribution is 2.25. The molecule has 4 rings (SSSR count). The van der Waals surface area contributed by atoms with Gasteiger partial charge in [-0.15, -0.1) is 0 Å². The molecule has 0 radical (unpaired) electrons. The van der Waals surface area contributed by atoms with Gasteiger partial charge < -0.3 is 4.74 Å². The molecule has 0 aliphatic carbocycles. The Morgan fingerprint density at radius 2 is 1.74 bits per heavy atom. The zero-order valence-electron chi connectivity index (χ0n) is 19.0. The zero-order valence-corrected chi connectivity index (χ0v) is 21.4. The van der Waals surface area contributed by atoms with E-state index in [4.69, 9.17) is 4.74 Å². The van der Waals surface area contributed by atoms with Crippen LogP contribution < -0.4 is 10.2 Å². The highest BCUT2D eigenvalue weighted by Gasteiger charge is 2.32. The van der Waals surface area contributed by atoms with Crippen LogP contribution in [0.5, 0.6) is 5.75 Å². The van der Waals surface area contributed by atoms with Gasteiger partial charge in [-0.2, -0.15) is 9.41 Å². The Morgan fingerprint density at radius 1 is 1.03 bits per heavy atom. The first-order chi connectivity index (χ1) is 16.9. The van der Waals surface area contributed by atoms with Gasteiger partial charge in [0.1, 0.15) is 12.4 Å². The number of amides is 1. The van der Waals surface area contributed by atoms with Crippen LogP contribution in [0.1, 0.15) is 24.0 Å². The van der Waals surface area contributed by atoms with Gasteiger partial charge in [-0.05, 0) is 60.4 Å². The maximum atomic E-state index is 12.8. The molecule has 0 saturated carbocycles. The fourth-order valence-corrected chi connectivity index (χ4v) is 5.54. The summed E-state index contributed by atoms with van der Waals surface area (Å²) in [6.45, 7) is 1.05. The molecule has 1 N–H and O–H groups in total. The monoisotopic (exact) mass is 555 g/mol. The summed E-state index contributed by atoms with van der Waals surface area (Å²) in [6, 6.07) is 23.9. The van der Waals surface area contributed by atoms with Crippen LogP contribution in [0.4, 0.5) is 0 Å². The molecule has 1 saturated heterocycles. The highest BCUT2D eigenvalue weighted by molar-refractivity contribution is 9.10. The van der Waals surface area contributed by atoms with Gasteiger partial charge in [0.05, 0.1) is 11.1 Å². The molecule has 1 amide bonds. The van der Waals surface area contributed by atoms with Crippen molar-refractivity contribution in [2.75, 3.05) is 13.1 Å². The molecule has 1 aliphatic rings. The topological polar surface area (TPSA) is 88.1 Å². The maximum Gasteiger partial charge on any atom is 0.243 e. The predicted molar refractivity (Wildman–Crippen MR) is 139 cm³/mol. The minimum Gasteiger partial charge on any atom is -0.489 e. The molecule has 35 heavy (non-hydrogen) atoms. The van der Waals surface area contributed by atoms with Gasteiger partial charge in [-0.1, -0.05) is 58.4 Å². The third-order valence-electron chi connectivity index (χ3n) is 5.77. The second kappa shape index (κ2) is 11.6. The third-order valence-corrected chi connectivity index (χ3v) is 8.21. The van der Waals surface area contributed by atoms with Crippen LogP contribution >= 0.6 is 15.9 Å². The third kappa shape index (κ3) is 6.78. The lowest BCUT2D eigenvalue weighted by molar-refractivity contribution is -0.126. The van der Waals surface area contributed by atoms with Crippen molar-refractivity contribution >= 4 is 38.1 Å². The van der Waals surface area contributed by atoms with Gasteiger partial charge in [-0.25, -0.2) is 13.8 Å². The number of halogens is 1. The van der Waals surface area contributed by atoms with Crippen molar-refractivity contribution in [2.24, 2.45) is 11.0 Å². The van der Waals surface area contributed by atoms with Crippen LogP contribution in [-0.4, -0.2) is 37.9 Å². The molecule has 0 atom stereocenters. The predicted octanol–water partition coefficient (Wildman–Crippen LogP) is 4.58. The molecule has 9 heteroatoms. The number of hydrogen-bond acceptors (Lipinski definition) is 5. The Labute approximate surface area is 214 Å². The first kappa shape index (κ1) is 25.1. The molecule has 0 aromatic heterocycles. The first-order valence-corrected chi connectivity index (χ1v) is 13.5. The number of nitrogens with zero attached hydrogens (tertiary/aromatic N) is 2. The molecule has 0 spiro atoms. The van der Waals surface area contributed by atoms with Crippen LogP contribution in [0, 0.1) is 5.92 Å². The van der Waals surface area contributed by atoms with Gasteiger partial charge in [-0.3, -0.25) is 4.79 Å². The number of piperidine rings is 1. The van der Waals surface area contributed by atoms with E-state index in [-0.39, 0.29) is 16.7 Å². The van der Waals surface area contributed by atoms with Crippen LogP contribution in [0.25, 0.3) is 0 Å². The highest BCUT2D eigenvalue weighted by atomic mass is 79.9. The molecule has 0 unspecified atom stereocenters. The summed E-state index contributed by atoms with van der Waals surface area (Å²) in [6.07, 6.45) is 2.46. The van der Waals surface area contributed by atoms with Crippen molar-refractivity contribution in [1.29, 1.82) is 0 Å². The Morgan fingerprint density at radius 3 is 2.46 bits per heavy atom. The number of carbonyl (C=O) groups is 1. The normalized spacial score (nSPS) is 15.2. The molecule has 1 heterocycles. The fraction of sp³-hybridized carbons (Fsp3) is 0.231. The summed E-state index contributed by atoms with van der Waals surface area (Å²) >= 11 is 3.32. The Hall–Kier alpha value is -3.01. The number of ether oxygens (including phenoxy) is 1. The zero-order chi connectivity index (χ0) is 24.7. The second-order valence-corrected chi connectivity index (χ2v) is 11.1. The van der Waals surface area contributed by atoms with Crippen molar-refractivity contribution in [1.82, 2.24) is 9.73 Å². The summed E-state index contributed by atoms with van der Waals surface area (Å²) in [5, 5.41) is 4.08. The number of nitrogens with one attached hydrogen (secondary N) is 1. The molecular weight excluding hydrogens is 530 g/mol. The second-order valence-electron chi connectivity index (χ2n) is 8.21. The van der Waals surface area contributed by atoms with Crippen molar-refractivity contribution in [3.63, 3.8) is 0 Å². The summed E-state index contributed by atoms with van der Waals surface area (Å²) in [7, 11) is -3.57. The van der Waals surface area contributed by atoms with E-state index in [1.54, 1.807) is 30.5 Å². The van der Waals surface area contributed by atoms with E-state index < -0.39 is 10.0 Å². The largest absolute Gasteiger partial charge is 0.489 e. The van der Waals surface area contributed by atoms with Crippen LogP contribution in [0.2, 0.25) is 0 Å². The number of rotatable bonds is 8. The summed E-state index contributed by atoms with van der Waals surface area (Å²) < 4.78 is 33.7. The summed E-state index contributed by atoms with van der Waals surface area (Å²) in [5.74, 6) is 0.214. The van der Waals surface area contributed by atoms with Crippen LogP contribution in [0.3, 0.4) is 0 Å². The van der Waals surface area contributed by atoms with Gasteiger partial charge in [0.25, 0.3) is 0 Å². The van der Waals surface area contributed by atoms with E-state index in [0.29, 0.717) is 38.3 Å². The maximum absolute atomic E-state index is 12.8. The Balaban J connectivity index is 1.26. The average Bonchev–Trinajstić information content (AvgIpc) is 2.88. The van der Waals surface area contributed by atoms with Crippen molar-refractivity contribution < 1.29 is 17.9 Å². The summed E-state index contributed by atoms with van der Waals surface area (Å²) in [5.41, 5.74) is 4.46. The lowest BCUT2D eigenvalue weighted by atomic mass is 9.98. The Kier molecular flexibility index (Phi) is 8.33. The number of sulfonamides is 1. The first-order valence-electron chi connectivity index (χ1n) is 11.3. The van der Waals surface area contributed by atoms with E-state index in [9.17, 15) is 13.2 Å². The molecule has 1 aliphatic heterocycles. The van der Waals surface area contributed by atoms with Crippen molar-refractivity contribution in [2.45, 2.75) is 24.3 Å². The lowest BCUT2D eigenvalue weighted by Gasteiger charge is -2.30. The fourth-order valence-electron chi connectivity index (χ4n) is 3.80. The SMILES string of the molecule is O=C(N/N=C\c1cccc(OCc2ccccc2)c1)C1CCN(S(=O)(=O)c2ccc(Br)cc2)CC1. The minimum atomic E-state index is -3.57. The van der Waals surface area contributed by atoms with Gasteiger partial charge in [0.15, 0.2) is 0 Å². The van der Waals surface area contributed by atoms with Gasteiger partial charge >= 0.3 is 0 Å². The number of benzene rings is 3. The lowest BCUT2D eigenvalue weighted by Crippen LogP contribution is -2.42. The molecular formula is C26H26BrN3O4S. The smallest absolute Gasteiger partial charge is 0.243 e. The number of hydrazone groups is 1. The van der Waals surface area contributed by atoms with Crippen molar-refractivity contribution in [3.05, 3.63) is 94.5 Å². The average molecular weight is 556 g/mol. The van der Waals surface area contributed by atoms with Gasteiger partial charge in [0.2, 0.25) is 15.9 Å². The van der Waals surface area contributed by atoms with Crippen LogP contribution in [0.15, 0.2) is 93.3 Å². The molecule has 0 bridgehead atoms. The number of hydrogen-bond donors (Lipinski definition) is 1. The van der Waals surface area contributed by atoms with Crippen LogP contribution in [-0.2, 0) is 21.4 Å². The number of carbonyl (C=O) groups excluding carboxylic acids is 1. The molecule has 1 fully saturated rings. The quantitative estimate of drug-likeness (QED) is 0.325. The van der Waals surface area contributed by atoms with Gasteiger partial charge in [0, 0.05) is 23.5 Å². The standard InChI is InChI=1S/C26H26BrN3O4S/c27-23-9-11-25(12-10-23)35(32,33)30-15-13-22(14-16-30)26(31)29-28-18-21-7-4-8-24(17-21)34-19-20-5-2-1-3-6-20/h1-12,17-18,22H,13-16,19H2,(H,29,31)/b28-18-. The molecule has 182 valence electrons. The van der Waals surface area contributed by atoms with E-state index in [1.165, 1.54) is 4.31 Å². The minimum absolute atomic E-state index is 0.210. The van der Waals surface area contributed by atoms with Crippen molar-refractivity contribution in [3.8, 4) is 5.75 Å². The Bertz CT molecular complexity index is 1270. The summed E-state index contributed by atoms with van der Waals surface area (Å²) in [4.78, 5) is 12.8. The molecule has 3 aromatic rings. The van der Waals surface area contributed by atoms with E-state index in [0.717, 1.165) is 15.6 Å². The molecule has 3 aromatic carbocycles. The van der Waals surface area contributed by atoms with E-state index >= 15 is 0 Å².